The number of thioether (sulfide) groups is 1. The van der Waals surface area contributed by atoms with E-state index in [4.69, 9.17) is 19.2 Å². The zero-order chi connectivity index (χ0) is 22.6. The molecule has 9 heteroatoms. The van der Waals surface area contributed by atoms with E-state index in [2.05, 4.69) is 22.5 Å². The average molecular weight is 481 g/mol. The van der Waals surface area contributed by atoms with E-state index in [0.29, 0.717) is 0 Å². The van der Waals surface area contributed by atoms with Crippen molar-refractivity contribution < 1.29 is 14.2 Å². The van der Waals surface area contributed by atoms with Gasteiger partial charge in [-0.1, -0.05) is 25.1 Å². The predicted molar refractivity (Wildman–Crippen MR) is 130 cm³/mol. The van der Waals surface area contributed by atoms with E-state index in [0.717, 1.165) is 75.3 Å². The topological polar surface area (TPSA) is 71.3 Å². The van der Waals surface area contributed by atoms with E-state index in [1.165, 1.54) is 0 Å². The van der Waals surface area contributed by atoms with Crippen molar-refractivity contribution in [2.24, 2.45) is 7.05 Å². The Hall–Kier alpha value is -3.04. The summed E-state index contributed by atoms with van der Waals surface area (Å²) in [7, 11) is 1.99. The van der Waals surface area contributed by atoms with Gasteiger partial charge in [0.1, 0.15) is 10.8 Å². The highest BCUT2D eigenvalue weighted by Crippen LogP contribution is 2.37. The fourth-order valence-electron chi connectivity index (χ4n) is 3.40. The zero-order valence-electron chi connectivity index (χ0n) is 18.5. The monoisotopic (exact) mass is 480 g/mol. The van der Waals surface area contributed by atoms with Crippen LogP contribution in [-0.4, -0.2) is 33.1 Å². The lowest BCUT2D eigenvalue weighted by Gasteiger charge is -2.07. The molecule has 0 fully saturated rings. The number of unbranched alkanes of at least 4 members (excludes halogenated alkanes) is 1. The molecular formula is C24H24N4O3S2. The summed E-state index contributed by atoms with van der Waals surface area (Å²) in [5.74, 6) is 3.98. The van der Waals surface area contributed by atoms with E-state index in [9.17, 15) is 0 Å². The van der Waals surface area contributed by atoms with Crippen LogP contribution in [0.2, 0.25) is 0 Å². The highest BCUT2D eigenvalue weighted by atomic mass is 32.2. The second kappa shape index (κ2) is 9.84. The van der Waals surface area contributed by atoms with Crippen molar-refractivity contribution >= 4 is 23.1 Å². The van der Waals surface area contributed by atoms with Crippen LogP contribution in [0.3, 0.4) is 0 Å². The molecular weight excluding hydrogens is 456 g/mol. The molecule has 0 atom stereocenters. The number of ether oxygens (including phenoxy) is 3. The third-order valence-electron chi connectivity index (χ3n) is 5.23. The Kier molecular flexibility index (Phi) is 6.50. The van der Waals surface area contributed by atoms with Gasteiger partial charge in [-0.2, -0.15) is 0 Å². The SMILES string of the molecule is CCCCOc1ccc(-c2nnc(SCc3csc(-c4ccc5c(c4)OCO5)n3)n2C)cc1. The van der Waals surface area contributed by atoms with Crippen LogP contribution in [0, 0.1) is 0 Å². The number of hydrogen-bond acceptors (Lipinski definition) is 8. The molecule has 2 aromatic carbocycles. The number of aromatic nitrogens is 4. The summed E-state index contributed by atoms with van der Waals surface area (Å²) >= 11 is 3.25. The van der Waals surface area contributed by atoms with Crippen LogP contribution >= 0.6 is 23.1 Å². The van der Waals surface area contributed by atoms with Gasteiger partial charge in [-0.15, -0.1) is 21.5 Å². The fraction of sp³-hybridized carbons (Fsp3) is 0.292. The van der Waals surface area contributed by atoms with Crippen LogP contribution in [0.4, 0.5) is 0 Å². The molecule has 33 heavy (non-hydrogen) atoms. The quantitative estimate of drug-likeness (QED) is 0.221. The van der Waals surface area contributed by atoms with Gasteiger partial charge in [0.2, 0.25) is 6.79 Å². The van der Waals surface area contributed by atoms with Gasteiger partial charge in [-0.3, -0.25) is 0 Å². The first-order valence-corrected chi connectivity index (χ1v) is 12.7. The Morgan fingerprint density at radius 1 is 1.06 bits per heavy atom. The van der Waals surface area contributed by atoms with Crippen molar-refractivity contribution in [2.75, 3.05) is 13.4 Å². The van der Waals surface area contributed by atoms with E-state index in [1.54, 1.807) is 23.1 Å². The molecule has 7 nitrogen and oxygen atoms in total. The van der Waals surface area contributed by atoms with Gasteiger partial charge in [0.05, 0.1) is 12.3 Å². The average Bonchev–Trinajstić information content (AvgIpc) is 3.58. The third kappa shape index (κ3) is 4.84. The summed E-state index contributed by atoms with van der Waals surface area (Å²) in [6.07, 6.45) is 2.18. The van der Waals surface area contributed by atoms with Gasteiger partial charge in [0.25, 0.3) is 0 Å². The number of hydrogen-bond donors (Lipinski definition) is 0. The second-order valence-electron chi connectivity index (χ2n) is 7.59. The highest BCUT2D eigenvalue weighted by molar-refractivity contribution is 7.98. The van der Waals surface area contributed by atoms with E-state index >= 15 is 0 Å². The molecule has 0 amide bonds. The minimum atomic E-state index is 0.273. The third-order valence-corrected chi connectivity index (χ3v) is 7.23. The molecule has 0 spiro atoms. The van der Waals surface area contributed by atoms with E-state index in [1.807, 2.05) is 54.1 Å². The maximum Gasteiger partial charge on any atom is 0.231 e. The van der Waals surface area contributed by atoms with Crippen LogP contribution < -0.4 is 14.2 Å². The maximum atomic E-state index is 5.75. The summed E-state index contributed by atoms with van der Waals surface area (Å²) in [5, 5.41) is 12.7. The molecule has 4 aromatic rings. The van der Waals surface area contributed by atoms with Gasteiger partial charge in [-0.25, -0.2) is 4.98 Å². The predicted octanol–water partition coefficient (Wildman–Crippen LogP) is 5.81. The molecule has 0 saturated heterocycles. The number of benzene rings is 2. The Bertz CT molecular complexity index is 1240. The Morgan fingerprint density at radius 2 is 1.88 bits per heavy atom. The van der Waals surface area contributed by atoms with Crippen LogP contribution in [0.5, 0.6) is 17.2 Å². The first kappa shape index (κ1) is 21.8. The van der Waals surface area contributed by atoms with E-state index in [-0.39, 0.29) is 6.79 Å². The summed E-state index contributed by atoms with van der Waals surface area (Å²) < 4.78 is 18.6. The molecule has 3 heterocycles. The summed E-state index contributed by atoms with van der Waals surface area (Å²) in [5.41, 5.74) is 3.05. The number of rotatable bonds is 9. The summed E-state index contributed by atoms with van der Waals surface area (Å²) in [4.78, 5) is 4.79. The molecule has 0 unspecified atom stereocenters. The highest BCUT2D eigenvalue weighted by Gasteiger charge is 2.16. The number of nitrogens with zero attached hydrogens (tertiary/aromatic N) is 4. The largest absolute Gasteiger partial charge is 0.494 e. The number of fused-ring (bicyclic) bond motifs is 1. The van der Waals surface area contributed by atoms with Gasteiger partial charge < -0.3 is 18.8 Å². The first-order chi connectivity index (χ1) is 16.2. The van der Waals surface area contributed by atoms with Crippen molar-refractivity contribution in [3.8, 4) is 39.2 Å². The Balaban J connectivity index is 1.23. The minimum Gasteiger partial charge on any atom is -0.494 e. The van der Waals surface area contributed by atoms with Gasteiger partial charge >= 0.3 is 0 Å². The number of thiazole rings is 1. The molecule has 2 aromatic heterocycles. The maximum absolute atomic E-state index is 5.75. The van der Waals surface area contributed by atoms with Crippen molar-refractivity contribution in [3.05, 3.63) is 53.5 Å². The van der Waals surface area contributed by atoms with E-state index < -0.39 is 0 Å². The molecule has 0 N–H and O–H groups in total. The second-order valence-corrected chi connectivity index (χ2v) is 9.39. The zero-order valence-corrected chi connectivity index (χ0v) is 20.1. The first-order valence-electron chi connectivity index (χ1n) is 10.8. The molecule has 5 rings (SSSR count). The Morgan fingerprint density at radius 3 is 2.73 bits per heavy atom. The van der Waals surface area contributed by atoms with Crippen LogP contribution in [0.1, 0.15) is 25.5 Å². The van der Waals surface area contributed by atoms with Crippen molar-refractivity contribution in [1.29, 1.82) is 0 Å². The molecule has 0 saturated carbocycles. The summed E-state index contributed by atoms with van der Waals surface area (Å²) in [6, 6.07) is 13.9. The molecule has 1 aliphatic heterocycles. The Labute approximate surface area is 200 Å². The van der Waals surface area contributed by atoms with Crippen molar-refractivity contribution in [2.45, 2.75) is 30.7 Å². The van der Waals surface area contributed by atoms with Gasteiger partial charge in [0, 0.05) is 29.3 Å². The lowest BCUT2D eigenvalue weighted by molar-refractivity contribution is 0.174. The molecule has 0 radical (unpaired) electrons. The molecule has 170 valence electrons. The lowest BCUT2D eigenvalue weighted by Crippen LogP contribution is -1.97. The summed E-state index contributed by atoms with van der Waals surface area (Å²) in [6.45, 7) is 3.17. The normalized spacial score (nSPS) is 12.3. The molecule has 0 bridgehead atoms. The van der Waals surface area contributed by atoms with Gasteiger partial charge in [-0.05, 0) is 48.9 Å². The molecule has 1 aliphatic rings. The van der Waals surface area contributed by atoms with Crippen molar-refractivity contribution in [1.82, 2.24) is 19.7 Å². The van der Waals surface area contributed by atoms with Gasteiger partial charge in [0.15, 0.2) is 22.5 Å². The lowest BCUT2D eigenvalue weighted by atomic mass is 10.2. The van der Waals surface area contributed by atoms with Crippen LogP contribution in [0.25, 0.3) is 22.0 Å². The standard InChI is InChI=1S/C24H24N4O3S2/c1-3-4-11-29-19-8-5-16(6-9-19)22-26-27-24(28(22)2)33-14-18-13-32-23(25-18)17-7-10-20-21(12-17)31-15-30-20/h5-10,12-13H,3-4,11,14-15H2,1-2H3. The molecule has 0 aliphatic carbocycles. The fourth-order valence-corrected chi connectivity index (χ4v) is 5.13. The van der Waals surface area contributed by atoms with Crippen LogP contribution in [-0.2, 0) is 12.8 Å². The minimum absolute atomic E-state index is 0.273. The van der Waals surface area contributed by atoms with Crippen molar-refractivity contribution in [3.63, 3.8) is 0 Å². The smallest absolute Gasteiger partial charge is 0.231 e. The van der Waals surface area contributed by atoms with Crippen LogP contribution in [0.15, 0.2) is 53.0 Å².